The Kier molecular flexibility index (Phi) is 7.28. The minimum absolute atomic E-state index is 0.124. The van der Waals surface area contributed by atoms with Crippen LogP contribution in [-0.4, -0.2) is 49.7 Å². The van der Waals surface area contributed by atoms with Gasteiger partial charge in [-0.25, -0.2) is 0 Å². The summed E-state index contributed by atoms with van der Waals surface area (Å²) in [7, 11) is 1.83. The van der Waals surface area contributed by atoms with Crippen molar-refractivity contribution < 1.29 is 9.53 Å². The standard InChI is InChI=1S/C14H28N2O2/c1-4-8-12-9-6-7-10-16(12)11-13(15-3)14(17)18-5-2/h12-13,15H,4-11H2,1-3H3. The summed E-state index contributed by atoms with van der Waals surface area (Å²) < 4.78 is 5.10. The van der Waals surface area contributed by atoms with Crippen molar-refractivity contribution in [1.29, 1.82) is 0 Å². The highest BCUT2D eigenvalue weighted by molar-refractivity contribution is 5.76. The fraction of sp³-hybridized carbons (Fsp3) is 0.929. The molecule has 1 rings (SSSR count). The van der Waals surface area contributed by atoms with Crippen molar-refractivity contribution in [3.63, 3.8) is 0 Å². The number of ether oxygens (including phenoxy) is 1. The second-order valence-electron chi connectivity index (χ2n) is 5.03. The van der Waals surface area contributed by atoms with Crippen LogP contribution in [0.3, 0.4) is 0 Å². The van der Waals surface area contributed by atoms with Gasteiger partial charge in [0.15, 0.2) is 0 Å². The third kappa shape index (κ3) is 4.58. The predicted molar refractivity (Wildman–Crippen MR) is 73.6 cm³/mol. The quantitative estimate of drug-likeness (QED) is 0.705. The van der Waals surface area contributed by atoms with E-state index in [1.54, 1.807) is 0 Å². The Morgan fingerprint density at radius 2 is 2.22 bits per heavy atom. The van der Waals surface area contributed by atoms with Gasteiger partial charge in [0.1, 0.15) is 6.04 Å². The zero-order valence-electron chi connectivity index (χ0n) is 12.1. The van der Waals surface area contributed by atoms with Gasteiger partial charge in [0.25, 0.3) is 0 Å². The van der Waals surface area contributed by atoms with Crippen molar-refractivity contribution in [2.45, 2.75) is 58.0 Å². The molecule has 4 heteroatoms. The average Bonchev–Trinajstić information content (AvgIpc) is 2.38. The summed E-state index contributed by atoms with van der Waals surface area (Å²) in [6.45, 7) is 6.43. The molecule has 0 aliphatic carbocycles. The number of nitrogens with zero attached hydrogens (tertiary/aromatic N) is 1. The highest BCUT2D eigenvalue weighted by Crippen LogP contribution is 2.21. The molecule has 18 heavy (non-hydrogen) atoms. The molecule has 1 aliphatic rings. The van der Waals surface area contributed by atoms with Crippen LogP contribution < -0.4 is 5.32 Å². The number of carbonyl (C=O) groups excluding carboxylic acids is 1. The lowest BCUT2D eigenvalue weighted by Gasteiger charge is -2.37. The Hall–Kier alpha value is -0.610. The van der Waals surface area contributed by atoms with Gasteiger partial charge in [-0.05, 0) is 39.8 Å². The number of likely N-dealkylation sites (tertiary alicyclic amines) is 1. The smallest absolute Gasteiger partial charge is 0.324 e. The first-order chi connectivity index (χ1) is 8.72. The fourth-order valence-electron chi connectivity index (χ4n) is 2.72. The van der Waals surface area contributed by atoms with E-state index >= 15 is 0 Å². The van der Waals surface area contributed by atoms with E-state index in [2.05, 4.69) is 17.1 Å². The summed E-state index contributed by atoms with van der Waals surface area (Å²) >= 11 is 0. The molecule has 4 nitrogen and oxygen atoms in total. The second-order valence-corrected chi connectivity index (χ2v) is 5.03. The molecule has 0 aromatic carbocycles. The molecule has 0 amide bonds. The zero-order valence-corrected chi connectivity index (χ0v) is 12.1. The van der Waals surface area contributed by atoms with Crippen molar-refractivity contribution in [2.24, 2.45) is 0 Å². The average molecular weight is 256 g/mol. The summed E-state index contributed by atoms with van der Waals surface area (Å²) in [4.78, 5) is 14.3. The largest absolute Gasteiger partial charge is 0.465 e. The molecule has 2 atom stereocenters. The van der Waals surface area contributed by atoms with Crippen molar-refractivity contribution in [3.8, 4) is 0 Å². The topological polar surface area (TPSA) is 41.6 Å². The Labute approximate surface area is 111 Å². The molecule has 0 spiro atoms. The van der Waals surface area contributed by atoms with Crippen LogP contribution in [0, 0.1) is 0 Å². The number of esters is 1. The number of carbonyl (C=O) groups is 1. The molecule has 1 fully saturated rings. The molecule has 0 aromatic rings. The van der Waals surface area contributed by atoms with Gasteiger partial charge in [-0.15, -0.1) is 0 Å². The molecule has 1 heterocycles. The van der Waals surface area contributed by atoms with Gasteiger partial charge in [0.2, 0.25) is 0 Å². The number of likely N-dealkylation sites (N-methyl/N-ethyl adjacent to an activating group) is 1. The third-order valence-electron chi connectivity index (χ3n) is 3.71. The Morgan fingerprint density at radius 3 is 2.83 bits per heavy atom. The van der Waals surface area contributed by atoms with Crippen LogP contribution in [0.1, 0.15) is 46.0 Å². The summed E-state index contributed by atoms with van der Waals surface area (Å²) in [5.41, 5.74) is 0. The Morgan fingerprint density at radius 1 is 1.44 bits per heavy atom. The number of nitrogens with one attached hydrogen (secondary N) is 1. The van der Waals surface area contributed by atoms with E-state index < -0.39 is 0 Å². The zero-order chi connectivity index (χ0) is 13.4. The van der Waals surface area contributed by atoms with E-state index in [0.29, 0.717) is 12.6 Å². The highest BCUT2D eigenvalue weighted by Gasteiger charge is 2.27. The molecule has 0 radical (unpaired) electrons. The van der Waals surface area contributed by atoms with E-state index in [1.165, 1.54) is 32.1 Å². The first kappa shape index (κ1) is 15.4. The second kappa shape index (κ2) is 8.48. The van der Waals surface area contributed by atoms with Gasteiger partial charge in [0.05, 0.1) is 6.61 Å². The van der Waals surface area contributed by atoms with Gasteiger partial charge in [-0.1, -0.05) is 19.8 Å². The first-order valence-corrected chi connectivity index (χ1v) is 7.30. The summed E-state index contributed by atoms with van der Waals surface area (Å²) in [5, 5.41) is 3.08. The summed E-state index contributed by atoms with van der Waals surface area (Å²) in [5.74, 6) is -0.124. The van der Waals surface area contributed by atoms with E-state index in [4.69, 9.17) is 4.74 Å². The van der Waals surface area contributed by atoms with Crippen LogP contribution >= 0.6 is 0 Å². The summed E-state index contributed by atoms with van der Waals surface area (Å²) in [6.07, 6.45) is 6.29. The van der Waals surface area contributed by atoms with Crippen LogP contribution in [0.15, 0.2) is 0 Å². The molecule has 1 saturated heterocycles. The van der Waals surface area contributed by atoms with Crippen LogP contribution in [-0.2, 0) is 9.53 Å². The minimum atomic E-state index is -0.192. The molecule has 2 unspecified atom stereocenters. The Bertz CT molecular complexity index is 244. The van der Waals surface area contributed by atoms with Gasteiger partial charge < -0.3 is 10.1 Å². The number of rotatable bonds is 7. The number of hydrogen-bond acceptors (Lipinski definition) is 4. The maximum Gasteiger partial charge on any atom is 0.324 e. The van der Waals surface area contributed by atoms with Gasteiger partial charge in [0, 0.05) is 12.6 Å². The van der Waals surface area contributed by atoms with Crippen molar-refractivity contribution in [2.75, 3.05) is 26.7 Å². The molecule has 1 N–H and O–H groups in total. The highest BCUT2D eigenvalue weighted by atomic mass is 16.5. The molecular weight excluding hydrogens is 228 g/mol. The van der Waals surface area contributed by atoms with Crippen LogP contribution in [0.4, 0.5) is 0 Å². The van der Waals surface area contributed by atoms with Gasteiger partial charge >= 0.3 is 5.97 Å². The van der Waals surface area contributed by atoms with Crippen molar-refractivity contribution >= 4 is 5.97 Å². The van der Waals surface area contributed by atoms with Crippen LogP contribution in [0.25, 0.3) is 0 Å². The lowest BCUT2D eigenvalue weighted by Crippen LogP contribution is -2.50. The van der Waals surface area contributed by atoms with Crippen molar-refractivity contribution in [1.82, 2.24) is 10.2 Å². The number of piperidine rings is 1. The Balaban J connectivity index is 2.52. The SMILES string of the molecule is CCCC1CCCCN1CC(NC)C(=O)OCC. The molecule has 0 aromatic heterocycles. The molecule has 0 bridgehead atoms. The van der Waals surface area contributed by atoms with Crippen molar-refractivity contribution in [3.05, 3.63) is 0 Å². The van der Waals surface area contributed by atoms with E-state index in [1.807, 2.05) is 14.0 Å². The monoisotopic (exact) mass is 256 g/mol. The third-order valence-corrected chi connectivity index (χ3v) is 3.71. The fourth-order valence-corrected chi connectivity index (χ4v) is 2.72. The number of hydrogen-bond donors (Lipinski definition) is 1. The molecule has 0 saturated carbocycles. The van der Waals surface area contributed by atoms with Crippen LogP contribution in [0.2, 0.25) is 0 Å². The minimum Gasteiger partial charge on any atom is -0.465 e. The predicted octanol–water partition coefficient (Wildman–Crippen LogP) is 1.79. The van der Waals surface area contributed by atoms with E-state index in [0.717, 1.165) is 13.1 Å². The lowest BCUT2D eigenvalue weighted by molar-refractivity contribution is -0.146. The molecular formula is C14H28N2O2. The maximum atomic E-state index is 11.8. The maximum absolute atomic E-state index is 11.8. The van der Waals surface area contributed by atoms with Crippen LogP contribution in [0.5, 0.6) is 0 Å². The normalized spacial score (nSPS) is 22.7. The molecule has 106 valence electrons. The molecule has 1 aliphatic heterocycles. The first-order valence-electron chi connectivity index (χ1n) is 7.30. The van der Waals surface area contributed by atoms with E-state index in [9.17, 15) is 4.79 Å². The van der Waals surface area contributed by atoms with Gasteiger partial charge in [-0.2, -0.15) is 0 Å². The summed E-state index contributed by atoms with van der Waals surface area (Å²) in [6, 6.07) is 0.455. The van der Waals surface area contributed by atoms with E-state index in [-0.39, 0.29) is 12.0 Å². The van der Waals surface area contributed by atoms with Gasteiger partial charge in [-0.3, -0.25) is 9.69 Å². The lowest BCUT2D eigenvalue weighted by atomic mass is 9.97.